The van der Waals surface area contributed by atoms with E-state index in [1.807, 2.05) is 0 Å². The zero-order chi connectivity index (χ0) is 13.3. The van der Waals surface area contributed by atoms with E-state index in [4.69, 9.17) is 0 Å². The second-order valence-corrected chi connectivity index (χ2v) is 12.0. The summed E-state index contributed by atoms with van der Waals surface area (Å²) in [7, 11) is -1.16. The molecule has 3 heteroatoms. The molecule has 0 heterocycles. The number of benzene rings is 1. The first kappa shape index (κ1) is 13.6. The van der Waals surface area contributed by atoms with Crippen molar-refractivity contribution in [1.82, 2.24) is 0 Å². The van der Waals surface area contributed by atoms with Gasteiger partial charge in [-0.1, -0.05) is 59.5 Å². The quantitative estimate of drug-likeness (QED) is 0.738. The van der Waals surface area contributed by atoms with Crippen LogP contribution in [-0.2, 0) is 0 Å². The minimum atomic E-state index is -1.16. The highest BCUT2D eigenvalue weighted by atomic mass is 79.9. The van der Waals surface area contributed by atoms with E-state index in [1.165, 1.54) is 5.56 Å². The predicted octanol–water partition coefficient (Wildman–Crippen LogP) is 4.74. The van der Waals surface area contributed by atoms with Gasteiger partial charge < -0.3 is 0 Å². The first-order chi connectivity index (χ1) is 8.42. The summed E-state index contributed by atoms with van der Waals surface area (Å²) in [6.07, 6.45) is 2.28. The zero-order valence-corrected chi connectivity index (χ0v) is 13.6. The SMILES string of the molecule is C[Si](C)(C)/C=C/[C@H]1[C@H](C#N)[C@H]1c1ccc(Br)cc1. The summed E-state index contributed by atoms with van der Waals surface area (Å²) in [4.78, 5) is 0. The summed E-state index contributed by atoms with van der Waals surface area (Å²) < 4.78 is 1.09. The molecule has 1 aromatic carbocycles. The van der Waals surface area contributed by atoms with Crippen LogP contribution >= 0.6 is 15.9 Å². The molecule has 18 heavy (non-hydrogen) atoms. The van der Waals surface area contributed by atoms with Gasteiger partial charge in [-0.3, -0.25) is 0 Å². The molecule has 0 spiro atoms. The van der Waals surface area contributed by atoms with Crippen LogP contribution in [0, 0.1) is 23.2 Å². The molecular formula is C15H18BrNSi. The fourth-order valence-corrected chi connectivity index (χ4v) is 3.32. The molecule has 1 aliphatic carbocycles. The van der Waals surface area contributed by atoms with E-state index < -0.39 is 8.07 Å². The minimum Gasteiger partial charge on any atom is -0.198 e. The Kier molecular flexibility index (Phi) is 3.79. The number of hydrogen-bond donors (Lipinski definition) is 0. The van der Waals surface area contributed by atoms with Gasteiger partial charge in [0.25, 0.3) is 0 Å². The fraction of sp³-hybridized carbons (Fsp3) is 0.400. The third-order valence-corrected chi connectivity index (χ3v) is 5.02. The van der Waals surface area contributed by atoms with Crippen LogP contribution in [0.3, 0.4) is 0 Å². The van der Waals surface area contributed by atoms with Gasteiger partial charge in [-0.15, -0.1) is 0 Å². The van der Waals surface area contributed by atoms with Gasteiger partial charge in [0.1, 0.15) is 0 Å². The average Bonchev–Trinajstić information content (AvgIpc) is 3.00. The molecule has 0 radical (unpaired) electrons. The third-order valence-electron chi connectivity index (χ3n) is 3.30. The lowest BCUT2D eigenvalue weighted by Gasteiger charge is -2.07. The summed E-state index contributed by atoms with van der Waals surface area (Å²) in [5, 5.41) is 9.21. The molecule has 1 fully saturated rings. The molecule has 94 valence electrons. The summed E-state index contributed by atoms with van der Waals surface area (Å²) in [6, 6.07) is 10.8. The average molecular weight is 320 g/mol. The van der Waals surface area contributed by atoms with Gasteiger partial charge in [-0.25, -0.2) is 0 Å². The van der Waals surface area contributed by atoms with Crippen LogP contribution in [0.4, 0.5) is 0 Å². The molecule has 3 atom stereocenters. The minimum absolute atomic E-state index is 0.166. The highest BCUT2D eigenvalue weighted by Crippen LogP contribution is 2.54. The van der Waals surface area contributed by atoms with Gasteiger partial charge in [0.05, 0.1) is 20.1 Å². The molecule has 0 amide bonds. The fourth-order valence-electron chi connectivity index (χ4n) is 2.25. The van der Waals surface area contributed by atoms with Gasteiger partial charge in [0, 0.05) is 16.3 Å². The van der Waals surface area contributed by atoms with Crippen molar-refractivity contribution in [3.8, 4) is 6.07 Å². The molecule has 0 N–H and O–H groups in total. The Morgan fingerprint density at radius 2 is 1.83 bits per heavy atom. The lowest BCUT2D eigenvalue weighted by molar-refractivity contribution is 1.00. The van der Waals surface area contributed by atoms with Crippen LogP contribution in [-0.4, -0.2) is 8.07 Å². The van der Waals surface area contributed by atoms with E-state index >= 15 is 0 Å². The molecule has 1 nitrogen and oxygen atoms in total. The molecule has 1 aromatic rings. The van der Waals surface area contributed by atoms with E-state index in [0.717, 1.165) is 4.47 Å². The van der Waals surface area contributed by atoms with Crippen molar-refractivity contribution < 1.29 is 0 Å². The van der Waals surface area contributed by atoms with Crippen molar-refractivity contribution in [2.45, 2.75) is 25.6 Å². The molecule has 0 aromatic heterocycles. The van der Waals surface area contributed by atoms with Crippen LogP contribution in [0.15, 0.2) is 40.5 Å². The number of nitriles is 1. The first-order valence-electron chi connectivity index (χ1n) is 6.27. The van der Waals surface area contributed by atoms with E-state index in [0.29, 0.717) is 11.8 Å². The number of halogens is 1. The van der Waals surface area contributed by atoms with Gasteiger partial charge >= 0.3 is 0 Å². The lowest BCUT2D eigenvalue weighted by atomic mass is 10.1. The standard InChI is InChI=1S/C15H18BrNSi/c1-18(2,3)9-8-13-14(10-17)15(13)11-4-6-12(16)7-5-11/h4-9,13-15H,1-3H3/b9-8+/t13-,14-,15-/m0/s1. The summed E-state index contributed by atoms with van der Waals surface area (Å²) in [5.74, 6) is 0.984. The maximum Gasteiger partial charge on any atom is 0.0683 e. The number of allylic oxidation sites excluding steroid dienone is 1. The van der Waals surface area contributed by atoms with Crippen LogP contribution in [0.5, 0.6) is 0 Å². The maximum atomic E-state index is 9.21. The summed E-state index contributed by atoms with van der Waals surface area (Å²) in [6.45, 7) is 6.96. The Morgan fingerprint density at radius 1 is 1.22 bits per heavy atom. The molecule has 0 aliphatic heterocycles. The smallest absolute Gasteiger partial charge is 0.0683 e. The maximum absolute atomic E-state index is 9.21. The van der Waals surface area contributed by atoms with E-state index in [9.17, 15) is 5.26 Å². The molecule has 1 saturated carbocycles. The molecule has 1 aliphatic rings. The summed E-state index contributed by atoms with van der Waals surface area (Å²) in [5.41, 5.74) is 3.65. The van der Waals surface area contributed by atoms with Gasteiger partial charge in [0.2, 0.25) is 0 Å². The van der Waals surface area contributed by atoms with Crippen LogP contribution in [0.25, 0.3) is 0 Å². The molecule has 0 bridgehead atoms. The van der Waals surface area contributed by atoms with Crippen molar-refractivity contribution in [2.75, 3.05) is 0 Å². The second-order valence-electron chi connectivity index (χ2n) is 6.03. The van der Waals surface area contributed by atoms with Crippen LogP contribution in [0.1, 0.15) is 11.5 Å². The molecular weight excluding hydrogens is 302 g/mol. The normalized spacial score (nSPS) is 27.2. The van der Waals surface area contributed by atoms with Crippen molar-refractivity contribution in [3.05, 3.63) is 46.1 Å². The first-order valence-corrected chi connectivity index (χ1v) is 10.6. The molecule has 2 rings (SSSR count). The Bertz CT molecular complexity index is 493. The van der Waals surface area contributed by atoms with Gasteiger partial charge in [-0.2, -0.15) is 5.26 Å². The van der Waals surface area contributed by atoms with Crippen LogP contribution < -0.4 is 0 Å². The largest absolute Gasteiger partial charge is 0.198 e. The Morgan fingerprint density at radius 3 is 2.33 bits per heavy atom. The second kappa shape index (κ2) is 5.03. The zero-order valence-electron chi connectivity index (χ0n) is 11.0. The third kappa shape index (κ3) is 3.12. The van der Waals surface area contributed by atoms with E-state index in [-0.39, 0.29) is 5.92 Å². The van der Waals surface area contributed by atoms with Crippen molar-refractivity contribution >= 4 is 24.0 Å². The number of hydrogen-bond acceptors (Lipinski definition) is 1. The summed E-state index contributed by atoms with van der Waals surface area (Å²) >= 11 is 3.45. The van der Waals surface area contributed by atoms with Gasteiger partial charge in [-0.05, 0) is 17.7 Å². The van der Waals surface area contributed by atoms with Crippen molar-refractivity contribution in [1.29, 1.82) is 5.26 Å². The monoisotopic (exact) mass is 319 g/mol. The lowest BCUT2D eigenvalue weighted by Crippen LogP contribution is -2.15. The van der Waals surface area contributed by atoms with Gasteiger partial charge in [0.15, 0.2) is 0 Å². The highest BCUT2D eigenvalue weighted by molar-refractivity contribution is 9.10. The van der Waals surface area contributed by atoms with Crippen LogP contribution in [0.2, 0.25) is 19.6 Å². The molecule has 0 saturated heterocycles. The predicted molar refractivity (Wildman–Crippen MR) is 82.0 cm³/mol. The topological polar surface area (TPSA) is 23.8 Å². The number of nitrogens with zero attached hydrogens (tertiary/aromatic N) is 1. The molecule has 0 unspecified atom stereocenters. The van der Waals surface area contributed by atoms with Crippen molar-refractivity contribution in [2.24, 2.45) is 11.8 Å². The highest BCUT2D eigenvalue weighted by Gasteiger charge is 2.49. The van der Waals surface area contributed by atoms with E-state index in [2.05, 4.69) is 77.7 Å². The Balaban J connectivity index is 2.13. The van der Waals surface area contributed by atoms with Crippen molar-refractivity contribution in [3.63, 3.8) is 0 Å². The Labute approximate surface area is 119 Å². The Hall–Kier alpha value is -0.853. The van der Waals surface area contributed by atoms with E-state index in [1.54, 1.807) is 0 Å². The number of rotatable bonds is 3.